The molecule has 104 valence electrons. The van der Waals surface area contributed by atoms with Crippen LogP contribution < -0.4 is 0 Å². The normalized spacial score (nSPS) is 34.3. The first-order valence-electron chi connectivity index (χ1n) is 7.41. The molecule has 1 saturated heterocycles. The summed E-state index contributed by atoms with van der Waals surface area (Å²) in [6.45, 7) is 11.6. The predicted octanol–water partition coefficient (Wildman–Crippen LogP) is 4.89. The van der Waals surface area contributed by atoms with E-state index in [0.717, 1.165) is 12.8 Å². The summed E-state index contributed by atoms with van der Waals surface area (Å²) < 4.78 is 5.54. The second-order valence-electron chi connectivity index (χ2n) is 7.39. The van der Waals surface area contributed by atoms with Crippen molar-refractivity contribution >= 4 is 6.71 Å². The van der Waals surface area contributed by atoms with E-state index >= 15 is 0 Å². The zero-order valence-corrected chi connectivity index (χ0v) is 13.0. The van der Waals surface area contributed by atoms with Crippen molar-refractivity contribution in [3.63, 3.8) is 0 Å². The van der Waals surface area contributed by atoms with Crippen LogP contribution in [0.3, 0.4) is 0 Å². The van der Waals surface area contributed by atoms with Crippen LogP contribution in [-0.4, -0.2) is 13.8 Å². The number of ether oxygens (including phenoxy) is 1. The van der Waals surface area contributed by atoms with Gasteiger partial charge < -0.3 is 4.74 Å². The Morgan fingerprint density at radius 3 is 2.79 bits per heavy atom. The summed E-state index contributed by atoms with van der Waals surface area (Å²) in [4.78, 5) is 0. The van der Waals surface area contributed by atoms with Gasteiger partial charge in [0.15, 0.2) is 6.71 Å². The molecule has 1 heterocycles. The zero-order valence-electron chi connectivity index (χ0n) is 13.0. The van der Waals surface area contributed by atoms with Crippen LogP contribution in [0.1, 0.15) is 40.0 Å². The molecule has 0 aromatic heterocycles. The van der Waals surface area contributed by atoms with Crippen LogP contribution in [0.4, 0.5) is 0 Å². The lowest BCUT2D eigenvalue weighted by Crippen LogP contribution is -2.42. The van der Waals surface area contributed by atoms with Crippen molar-refractivity contribution in [2.45, 2.75) is 52.7 Å². The quantitative estimate of drug-likeness (QED) is 0.515. The van der Waals surface area contributed by atoms with Crippen molar-refractivity contribution in [3.8, 4) is 0 Å². The number of hydrogen-bond donors (Lipinski definition) is 0. The van der Waals surface area contributed by atoms with Gasteiger partial charge in [-0.05, 0) is 36.7 Å². The third kappa shape index (κ3) is 3.55. The molecule has 2 unspecified atom stereocenters. The highest BCUT2D eigenvalue weighted by Gasteiger charge is 2.46. The number of rotatable bonds is 4. The molecule has 1 aliphatic carbocycles. The van der Waals surface area contributed by atoms with E-state index in [1.54, 1.807) is 0 Å². The number of fused-ring (bicyclic) bond motifs is 2. The molecular weight excluding hydrogens is 231 g/mol. The van der Waals surface area contributed by atoms with Gasteiger partial charge in [0.25, 0.3) is 0 Å². The molecule has 0 spiro atoms. The zero-order chi connectivity index (χ0) is 14.1. The van der Waals surface area contributed by atoms with Crippen molar-refractivity contribution in [1.29, 1.82) is 0 Å². The third-order valence-corrected chi connectivity index (χ3v) is 4.56. The van der Waals surface area contributed by atoms with Crippen molar-refractivity contribution in [2.24, 2.45) is 10.8 Å². The highest BCUT2D eigenvalue weighted by molar-refractivity contribution is 6.64. The van der Waals surface area contributed by atoms with E-state index in [4.69, 9.17) is 4.74 Å². The number of allylic oxidation sites excluding steroid dienone is 4. The largest absolute Gasteiger partial charge is 0.501 e. The van der Waals surface area contributed by atoms with E-state index < -0.39 is 0 Å². The first kappa shape index (κ1) is 14.5. The summed E-state index contributed by atoms with van der Waals surface area (Å²) in [5.74, 6) is 3.62. The smallest absolute Gasteiger partial charge is 0.167 e. The molecule has 0 aromatic rings. The lowest BCUT2D eigenvalue weighted by Gasteiger charge is -2.49. The molecule has 1 fully saturated rings. The molecular formula is C17H27BO. The molecule has 1 nitrogen and oxygen atoms in total. The summed E-state index contributed by atoms with van der Waals surface area (Å²) in [5.41, 5.74) is 1.96. The Morgan fingerprint density at radius 2 is 2.21 bits per heavy atom. The molecule has 0 radical (unpaired) electrons. The lowest BCUT2D eigenvalue weighted by molar-refractivity contribution is 0.139. The van der Waals surface area contributed by atoms with Crippen molar-refractivity contribution in [1.82, 2.24) is 0 Å². The maximum Gasteiger partial charge on any atom is 0.167 e. The van der Waals surface area contributed by atoms with Gasteiger partial charge in [-0.3, -0.25) is 0 Å². The van der Waals surface area contributed by atoms with Gasteiger partial charge in [0.1, 0.15) is 0 Å². The van der Waals surface area contributed by atoms with E-state index in [-0.39, 0.29) is 0 Å². The molecule has 2 atom stereocenters. The van der Waals surface area contributed by atoms with E-state index in [0.29, 0.717) is 17.5 Å². The van der Waals surface area contributed by atoms with Gasteiger partial charge >= 0.3 is 0 Å². The average molecular weight is 258 g/mol. The minimum absolute atomic E-state index is 0.314. The SMILES string of the molecule is C=C(C)C/C=C\B1CC2(C)C=C(OC)CC(C)(C1)C2. The minimum atomic E-state index is 0.314. The molecule has 0 aromatic carbocycles. The van der Waals surface area contributed by atoms with Gasteiger partial charge in [-0.1, -0.05) is 44.7 Å². The summed E-state index contributed by atoms with van der Waals surface area (Å²) >= 11 is 0. The van der Waals surface area contributed by atoms with E-state index in [1.165, 1.54) is 30.4 Å². The Labute approximate surface area is 118 Å². The van der Waals surface area contributed by atoms with Gasteiger partial charge in [-0.2, -0.15) is 0 Å². The van der Waals surface area contributed by atoms with Gasteiger partial charge in [-0.15, -0.1) is 5.98 Å². The van der Waals surface area contributed by atoms with Crippen molar-refractivity contribution in [3.05, 3.63) is 36.0 Å². The average Bonchev–Trinajstić information content (AvgIpc) is 2.24. The molecule has 0 saturated carbocycles. The van der Waals surface area contributed by atoms with E-state index in [1.807, 2.05) is 7.11 Å². The molecule has 0 N–H and O–H groups in total. The molecule has 2 aliphatic rings. The fraction of sp³-hybridized carbons (Fsp3) is 0.647. The number of methoxy groups -OCH3 is 1. The maximum absolute atomic E-state index is 5.54. The minimum Gasteiger partial charge on any atom is -0.501 e. The van der Waals surface area contributed by atoms with E-state index in [9.17, 15) is 0 Å². The van der Waals surface area contributed by atoms with Crippen LogP contribution in [0.5, 0.6) is 0 Å². The van der Waals surface area contributed by atoms with Gasteiger partial charge in [0.2, 0.25) is 0 Å². The number of hydrogen-bond acceptors (Lipinski definition) is 1. The Kier molecular flexibility index (Phi) is 3.99. The molecule has 2 heteroatoms. The van der Waals surface area contributed by atoms with Crippen LogP contribution in [0, 0.1) is 10.8 Å². The van der Waals surface area contributed by atoms with Gasteiger partial charge in [0.05, 0.1) is 12.9 Å². The maximum atomic E-state index is 5.54. The summed E-state index contributed by atoms with van der Waals surface area (Å²) in [5, 5.41) is 0. The monoisotopic (exact) mass is 258 g/mol. The van der Waals surface area contributed by atoms with Crippen molar-refractivity contribution < 1.29 is 4.74 Å². The van der Waals surface area contributed by atoms with Crippen LogP contribution in [0.2, 0.25) is 12.6 Å². The van der Waals surface area contributed by atoms with Gasteiger partial charge in [-0.25, -0.2) is 0 Å². The topological polar surface area (TPSA) is 9.23 Å². The Balaban J connectivity index is 2.12. The van der Waals surface area contributed by atoms with Crippen LogP contribution >= 0.6 is 0 Å². The second-order valence-corrected chi connectivity index (χ2v) is 7.39. The highest BCUT2D eigenvalue weighted by atomic mass is 16.5. The molecule has 2 rings (SSSR count). The first-order valence-corrected chi connectivity index (χ1v) is 7.41. The second kappa shape index (κ2) is 5.23. The highest BCUT2D eigenvalue weighted by Crippen LogP contribution is 2.54. The Hall–Kier alpha value is -0.915. The molecule has 2 bridgehead atoms. The standard InChI is InChI=1S/C17H27BO/c1-14(2)7-6-8-18-12-16(3)9-15(19-5)10-17(4,11-16)13-18/h6,8-9H,1,7,10-13H2,2-5H3/b8-6-. The van der Waals surface area contributed by atoms with Crippen LogP contribution in [0.15, 0.2) is 36.0 Å². The Morgan fingerprint density at radius 1 is 1.47 bits per heavy atom. The van der Waals surface area contributed by atoms with Crippen molar-refractivity contribution in [2.75, 3.05) is 7.11 Å². The van der Waals surface area contributed by atoms with Crippen LogP contribution in [-0.2, 0) is 4.74 Å². The van der Waals surface area contributed by atoms with E-state index in [2.05, 4.69) is 45.5 Å². The molecule has 1 aliphatic heterocycles. The molecule has 0 amide bonds. The van der Waals surface area contributed by atoms with Gasteiger partial charge in [0, 0.05) is 6.42 Å². The predicted molar refractivity (Wildman–Crippen MR) is 84.5 cm³/mol. The fourth-order valence-corrected chi connectivity index (χ4v) is 4.26. The first-order chi connectivity index (χ1) is 8.84. The molecule has 19 heavy (non-hydrogen) atoms. The third-order valence-electron chi connectivity index (χ3n) is 4.56. The summed E-state index contributed by atoms with van der Waals surface area (Å²) in [6, 6.07) is 0. The Bertz CT molecular complexity index is 423. The summed E-state index contributed by atoms with van der Waals surface area (Å²) in [6.07, 6.45) is 10.7. The lowest BCUT2D eigenvalue weighted by atomic mass is 9.31. The summed E-state index contributed by atoms with van der Waals surface area (Å²) in [7, 11) is 1.81. The van der Waals surface area contributed by atoms with Crippen LogP contribution in [0.25, 0.3) is 0 Å². The fourth-order valence-electron chi connectivity index (χ4n) is 4.26.